The molecule has 0 unspecified atom stereocenters. The van der Waals surface area contributed by atoms with Crippen molar-refractivity contribution in [1.82, 2.24) is 19.4 Å². The SMILES string of the molecule is CN(Cc1nc2ccccc2n1Cc1cccc2ccccc12)C(=O)c1ccncc1. The summed E-state index contributed by atoms with van der Waals surface area (Å²) in [6.45, 7) is 1.11. The highest BCUT2D eigenvalue weighted by atomic mass is 16.2. The topological polar surface area (TPSA) is 51.0 Å². The van der Waals surface area contributed by atoms with Crippen molar-refractivity contribution < 1.29 is 4.79 Å². The molecule has 0 radical (unpaired) electrons. The van der Waals surface area contributed by atoms with E-state index in [2.05, 4.69) is 58.1 Å². The highest BCUT2D eigenvalue weighted by molar-refractivity contribution is 5.93. The van der Waals surface area contributed by atoms with Crippen molar-refractivity contribution >= 4 is 27.7 Å². The van der Waals surface area contributed by atoms with Gasteiger partial charge in [-0.25, -0.2) is 4.98 Å². The third-order valence-corrected chi connectivity index (χ3v) is 5.59. The number of fused-ring (bicyclic) bond motifs is 2. The first-order valence-corrected chi connectivity index (χ1v) is 10.3. The summed E-state index contributed by atoms with van der Waals surface area (Å²) in [5, 5.41) is 2.45. The maximum absolute atomic E-state index is 12.9. The largest absolute Gasteiger partial charge is 0.334 e. The lowest BCUT2D eigenvalue weighted by atomic mass is 10.0. The second-order valence-electron chi connectivity index (χ2n) is 7.64. The van der Waals surface area contributed by atoms with E-state index in [1.54, 1.807) is 29.4 Å². The van der Waals surface area contributed by atoms with Crippen molar-refractivity contribution in [2.24, 2.45) is 0 Å². The number of carbonyl (C=O) groups is 1. The van der Waals surface area contributed by atoms with Crippen LogP contribution in [0.4, 0.5) is 0 Å². The molecule has 0 N–H and O–H groups in total. The summed E-state index contributed by atoms with van der Waals surface area (Å²) in [4.78, 5) is 23.4. The second kappa shape index (κ2) is 8.03. The fourth-order valence-corrected chi connectivity index (χ4v) is 4.02. The Morgan fingerprint density at radius 1 is 0.903 bits per heavy atom. The molecule has 31 heavy (non-hydrogen) atoms. The molecule has 5 rings (SSSR count). The predicted molar refractivity (Wildman–Crippen MR) is 123 cm³/mol. The number of rotatable bonds is 5. The summed E-state index contributed by atoms with van der Waals surface area (Å²) < 4.78 is 2.22. The minimum atomic E-state index is -0.0498. The van der Waals surface area contributed by atoms with Crippen LogP contribution in [0.1, 0.15) is 21.7 Å². The molecule has 0 aliphatic heterocycles. The Morgan fingerprint density at radius 3 is 2.52 bits per heavy atom. The molecule has 5 nitrogen and oxygen atoms in total. The molecule has 152 valence electrons. The number of pyridine rings is 1. The average Bonchev–Trinajstić information content (AvgIpc) is 3.16. The molecular weight excluding hydrogens is 384 g/mol. The van der Waals surface area contributed by atoms with E-state index in [9.17, 15) is 4.79 Å². The van der Waals surface area contributed by atoms with Gasteiger partial charge in [-0.15, -0.1) is 0 Å². The number of carbonyl (C=O) groups excluding carboxylic acids is 1. The van der Waals surface area contributed by atoms with Crippen LogP contribution in [0.5, 0.6) is 0 Å². The Bertz CT molecular complexity index is 1370. The summed E-state index contributed by atoms with van der Waals surface area (Å²) in [5.74, 6) is 0.810. The first-order chi connectivity index (χ1) is 15.2. The van der Waals surface area contributed by atoms with Gasteiger partial charge >= 0.3 is 0 Å². The van der Waals surface area contributed by atoms with Gasteiger partial charge < -0.3 is 9.47 Å². The second-order valence-corrected chi connectivity index (χ2v) is 7.64. The zero-order valence-corrected chi connectivity index (χ0v) is 17.3. The molecule has 5 heteroatoms. The summed E-state index contributed by atoms with van der Waals surface area (Å²) in [6, 6.07) is 26.4. The van der Waals surface area contributed by atoms with Crippen LogP contribution in [0.15, 0.2) is 91.3 Å². The molecule has 5 aromatic rings. The van der Waals surface area contributed by atoms with Gasteiger partial charge in [-0.3, -0.25) is 9.78 Å². The zero-order chi connectivity index (χ0) is 21.2. The van der Waals surface area contributed by atoms with Gasteiger partial charge in [0.2, 0.25) is 0 Å². The first-order valence-electron chi connectivity index (χ1n) is 10.3. The molecule has 3 aromatic carbocycles. The fourth-order valence-electron chi connectivity index (χ4n) is 4.02. The van der Waals surface area contributed by atoms with Crippen LogP contribution >= 0.6 is 0 Å². The Kier molecular flexibility index (Phi) is 4.92. The van der Waals surface area contributed by atoms with Gasteiger partial charge in [-0.05, 0) is 40.6 Å². The lowest BCUT2D eigenvalue weighted by molar-refractivity contribution is 0.0780. The molecule has 2 aromatic heterocycles. The molecule has 0 aliphatic rings. The molecule has 0 saturated heterocycles. The molecular formula is C26H22N4O. The van der Waals surface area contributed by atoms with E-state index in [0.29, 0.717) is 18.7 Å². The summed E-state index contributed by atoms with van der Waals surface area (Å²) in [7, 11) is 1.81. The number of aromatic nitrogens is 3. The van der Waals surface area contributed by atoms with Crippen LogP contribution < -0.4 is 0 Å². The highest BCUT2D eigenvalue weighted by Gasteiger charge is 2.17. The standard InChI is InChI=1S/C26H22N4O/c1-29(26(31)20-13-15-27-16-14-20)18-25-28-23-11-4-5-12-24(23)30(25)17-21-9-6-8-19-7-2-3-10-22(19)21/h2-16H,17-18H2,1H3. The monoisotopic (exact) mass is 406 g/mol. The Hall–Kier alpha value is -3.99. The van der Waals surface area contributed by atoms with E-state index in [1.165, 1.54) is 16.3 Å². The van der Waals surface area contributed by atoms with Crippen molar-refractivity contribution in [2.45, 2.75) is 13.1 Å². The van der Waals surface area contributed by atoms with E-state index < -0.39 is 0 Å². The maximum Gasteiger partial charge on any atom is 0.254 e. The molecule has 0 saturated carbocycles. The van der Waals surface area contributed by atoms with E-state index in [4.69, 9.17) is 4.98 Å². The zero-order valence-electron chi connectivity index (χ0n) is 17.3. The van der Waals surface area contributed by atoms with Crippen molar-refractivity contribution in [3.63, 3.8) is 0 Å². The normalized spacial score (nSPS) is 11.1. The summed E-state index contributed by atoms with van der Waals surface area (Å²) in [5.41, 5.74) is 3.84. The minimum Gasteiger partial charge on any atom is -0.334 e. The van der Waals surface area contributed by atoms with Crippen LogP contribution in [0.25, 0.3) is 21.8 Å². The molecule has 0 spiro atoms. The first kappa shape index (κ1) is 19.0. The number of amides is 1. The Morgan fingerprint density at radius 2 is 1.65 bits per heavy atom. The van der Waals surface area contributed by atoms with Crippen LogP contribution in [-0.2, 0) is 13.1 Å². The van der Waals surface area contributed by atoms with Crippen LogP contribution in [0, 0.1) is 0 Å². The molecule has 1 amide bonds. The number of para-hydroxylation sites is 2. The van der Waals surface area contributed by atoms with Crippen molar-refractivity contribution in [2.75, 3.05) is 7.05 Å². The van der Waals surface area contributed by atoms with Crippen molar-refractivity contribution in [3.05, 3.63) is 108 Å². The lowest BCUT2D eigenvalue weighted by Gasteiger charge is -2.18. The Labute approximate surface area is 180 Å². The van der Waals surface area contributed by atoms with Gasteiger partial charge in [0, 0.05) is 25.0 Å². The van der Waals surface area contributed by atoms with Crippen LogP contribution in [0.2, 0.25) is 0 Å². The smallest absolute Gasteiger partial charge is 0.254 e. The third kappa shape index (κ3) is 3.66. The van der Waals surface area contributed by atoms with Gasteiger partial charge in [0.25, 0.3) is 5.91 Å². The average molecular weight is 406 g/mol. The van der Waals surface area contributed by atoms with Crippen LogP contribution in [-0.4, -0.2) is 32.4 Å². The van der Waals surface area contributed by atoms with Gasteiger partial charge in [0.1, 0.15) is 5.82 Å². The van der Waals surface area contributed by atoms with Crippen molar-refractivity contribution in [3.8, 4) is 0 Å². The molecule has 0 aliphatic carbocycles. The minimum absolute atomic E-state index is 0.0498. The van der Waals surface area contributed by atoms with Crippen LogP contribution in [0.3, 0.4) is 0 Å². The maximum atomic E-state index is 12.9. The van der Waals surface area contributed by atoms with Gasteiger partial charge in [-0.2, -0.15) is 0 Å². The van der Waals surface area contributed by atoms with E-state index in [-0.39, 0.29) is 5.91 Å². The fraction of sp³-hybridized carbons (Fsp3) is 0.115. The van der Waals surface area contributed by atoms with Crippen molar-refractivity contribution in [1.29, 1.82) is 0 Å². The molecule has 0 bridgehead atoms. The number of hydrogen-bond acceptors (Lipinski definition) is 3. The number of hydrogen-bond donors (Lipinski definition) is 0. The number of benzene rings is 3. The van der Waals surface area contributed by atoms with E-state index in [0.717, 1.165) is 16.9 Å². The van der Waals surface area contributed by atoms with Gasteiger partial charge in [0.15, 0.2) is 0 Å². The Balaban J connectivity index is 1.53. The van der Waals surface area contributed by atoms with E-state index in [1.807, 2.05) is 25.2 Å². The lowest BCUT2D eigenvalue weighted by Crippen LogP contribution is -2.27. The molecule has 0 fully saturated rings. The third-order valence-electron chi connectivity index (χ3n) is 5.59. The molecule has 2 heterocycles. The molecule has 0 atom stereocenters. The number of imidazole rings is 1. The summed E-state index contributed by atoms with van der Waals surface area (Å²) >= 11 is 0. The van der Waals surface area contributed by atoms with Gasteiger partial charge in [0.05, 0.1) is 24.1 Å². The summed E-state index contributed by atoms with van der Waals surface area (Å²) in [6.07, 6.45) is 3.27. The number of nitrogens with zero attached hydrogens (tertiary/aromatic N) is 4. The van der Waals surface area contributed by atoms with Gasteiger partial charge in [-0.1, -0.05) is 54.6 Å². The quantitative estimate of drug-likeness (QED) is 0.417. The highest BCUT2D eigenvalue weighted by Crippen LogP contribution is 2.24. The predicted octanol–water partition coefficient (Wildman–Crippen LogP) is 4.91. The van der Waals surface area contributed by atoms with E-state index >= 15 is 0 Å².